The van der Waals surface area contributed by atoms with Gasteiger partial charge in [0.1, 0.15) is 0 Å². The van der Waals surface area contributed by atoms with Crippen LogP contribution in [0.25, 0.3) is 0 Å². The topological polar surface area (TPSA) is 69.6 Å². The molecule has 0 fully saturated rings. The maximum absolute atomic E-state index is 10.4. The fraction of sp³-hybridized carbons (Fsp3) is 1.00. The Labute approximate surface area is 172 Å². The molecule has 0 bridgehead atoms. The largest absolute Gasteiger partial charge is 1.00 e. The van der Waals surface area contributed by atoms with Gasteiger partial charge in [-0.15, -0.1) is 0 Å². The minimum absolute atomic E-state index is 0. The van der Waals surface area contributed by atoms with Crippen LogP contribution in [-0.4, -0.2) is 11.5 Å². The van der Waals surface area contributed by atoms with Gasteiger partial charge < -0.3 is 14.3 Å². The maximum atomic E-state index is 10.4. The van der Waals surface area contributed by atoms with Crippen LogP contribution in [0.5, 0.6) is 0 Å². The zero-order chi connectivity index (χ0) is 17.2. The number of hydrogen-bond donors (Lipinski definition) is 1. The molecule has 0 rings (SSSR count). The van der Waals surface area contributed by atoms with E-state index in [2.05, 4.69) is 11.4 Å². The third kappa shape index (κ3) is 25.4. The van der Waals surface area contributed by atoms with Crippen molar-refractivity contribution in [2.24, 2.45) is 0 Å². The Hall–Kier alpha value is 1.11. The summed E-state index contributed by atoms with van der Waals surface area (Å²) in [6.45, 7) is 2.37. The third-order valence-corrected chi connectivity index (χ3v) is 4.76. The van der Waals surface area contributed by atoms with Gasteiger partial charge in [0.15, 0.2) is 0 Å². The van der Waals surface area contributed by atoms with E-state index in [1.807, 2.05) is 0 Å². The van der Waals surface area contributed by atoms with Crippen LogP contribution in [0.15, 0.2) is 0 Å². The van der Waals surface area contributed by atoms with Gasteiger partial charge in [-0.2, -0.15) is 0 Å². The summed E-state index contributed by atoms with van der Waals surface area (Å²) >= 11 is 0. The Morgan fingerprint density at radius 3 is 1.29 bits per heavy atom. The number of unbranched alkanes of at least 4 members (excludes halogenated alkanes) is 15. The average molecular weight is 372 g/mol. The molecule has 24 heavy (non-hydrogen) atoms. The molecule has 0 radical (unpaired) electrons. The van der Waals surface area contributed by atoms with Gasteiger partial charge in [0.25, 0.3) is 7.82 Å². The average Bonchev–Trinajstić information content (AvgIpc) is 2.49. The van der Waals surface area contributed by atoms with Gasteiger partial charge >= 0.3 is 29.6 Å². The van der Waals surface area contributed by atoms with Crippen LogP contribution < -0.4 is 34.5 Å². The Kier molecular flexibility index (Phi) is 23.3. The van der Waals surface area contributed by atoms with Crippen LogP contribution in [-0.2, 0) is 9.09 Å². The molecular weight excluding hydrogens is 334 g/mol. The van der Waals surface area contributed by atoms with Crippen LogP contribution in [0.2, 0.25) is 0 Å². The van der Waals surface area contributed by atoms with Crippen LogP contribution in [0.3, 0.4) is 0 Å². The summed E-state index contributed by atoms with van der Waals surface area (Å²) in [4.78, 5) is 18.8. The molecule has 0 saturated heterocycles. The predicted octanol–water partition coefficient (Wildman–Crippen LogP) is 2.73. The fourth-order valence-electron chi connectivity index (χ4n) is 2.83. The minimum Gasteiger partial charge on any atom is -0.756 e. The molecule has 0 spiro atoms. The summed E-state index contributed by atoms with van der Waals surface area (Å²) in [5.74, 6) is 0. The summed E-state index contributed by atoms with van der Waals surface area (Å²) in [6, 6.07) is 0. The Morgan fingerprint density at radius 1 is 0.708 bits per heavy atom. The summed E-state index contributed by atoms with van der Waals surface area (Å²) in [7, 11) is -4.51. The molecule has 1 atom stereocenters. The fourth-order valence-corrected chi connectivity index (χ4v) is 3.19. The van der Waals surface area contributed by atoms with E-state index in [0.29, 0.717) is 6.42 Å². The Morgan fingerprint density at radius 2 is 1.00 bits per heavy atom. The van der Waals surface area contributed by atoms with Crippen molar-refractivity contribution in [1.82, 2.24) is 0 Å². The first-order valence-electron chi connectivity index (χ1n) is 9.74. The van der Waals surface area contributed by atoms with E-state index >= 15 is 0 Å². The first-order chi connectivity index (χ1) is 11.1. The van der Waals surface area contributed by atoms with Gasteiger partial charge in [-0.1, -0.05) is 103 Å². The van der Waals surface area contributed by atoms with Crippen molar-refractivity contribution in [3.8, 4) is 0 Å². The van der Waals surface area contributed by atoms with Crippen LogP contribution in [0.4, 0.5) is 0 Å². The summed E-state index contributed by atoms with van der Waals surface area (Å²) in [6.07, 6.45) is 20.5. The molecule has 0 amide bonds. The molecule has 0 heterocycles. The van der Waals surface area contributed by atoms with Crippen molar-refractivity contribution in [1.29, 1.82) is 0 Å². The first kappa shape index (κ1) is 27.3. The van der Waals surface area contributed by atoms with E-state index in [9.17, 15) is 9.46 Å². The zero-order valence-electron chi connectivity index (χ0n) is 16.1. The third-order valence-electron chi connectivity index (χ3n) is 4.25. The second-order valence-electron chi connectivity index (χ2n) is 6.61. The van der Waals surface area contributed by atoms with E-state index in [1.54, 1.807) is 0 Å². The molecule has 6 heteroatoms. The molecule has 140 valence electrons. The van der Waals surface area contributed by atoms with Gasteiger partial charge in [-0.05, 0) is 6.42 Å². The van der Waals surface area contributed by atoms with E-state index in [4.69, 9.17) is 4.89 Å². The normalized spacial score (nSPS) is 13.5. The van der Waals surface area contributed by atoms with Gasteiger partial charge in [0, 0.05) is 0 Å². The van der Waals surface area contributed by atoms with Crippen molar-refractivity contribution in [2.75, 3.05) is 6.61 Å². The summed E-state index contributed by atoms with van der Waals surface area (Å²) < 4.78 is 14.7. The zero-order valence-corrected chi connectivity index (χ0v) is 19.0. The van der Waals surface area contributed by atoms with Crippen molar-refractivity contribution in [3.05, 3.63) is 0 Å². The summed E-state index contributed by atoms with van der Waals surface area (Å²) in [5, 5.41) is 0. The molecular formula is C18H38NaO4P. The molecule has 0 aliphatic heterocycles. The van der Waals surface area contributed by atoms with Gasteiger partial charge in [0.2, 0.25) is 0 Å². The molecule has 4 nitrogen and oxygen atoms in total. The van der Waals surface area contributed by atoms with Crippen LogP contribution >= 0.6 is 7.82 Å². The van der Waals surface area contributed by atoms with E-state index < -0.39 is 7.82 Å². The predicted molar refractivity (Wildman–Crippen MR) is 95.3 cm³/mol. The van der Waals surface area contributed by atoms with Crippen LogP contribution in [0.1, 0.15) is 110 Å². The number of rotatable bonds is 18. The molecule has 0 aromatic rings. The SMILES string of the molecule is CCCCCCCCCCCCCCCCCCOP(=O)([O-])O.[Na+]. The number of phosphoric ester groups is 1. The van der Waals surface area contributed by atoms with Crippen LogP contribution in [0, 0.1) is 0 Å². The molecule has 0 aliphatic carbocycles. The van der Waals surface area contributed by atoms with Gasteiger partial charge in [-0.3, -0.25) is 4.57 Å². The number of hydrogen-bond acceptors (Lipinski definition) is 3. The Balaban J connectivity index is 0. The van der Waals surface area contributed by atoms with Gasteiger partial charge in [0.05, 0.1) is 6.61 Å². The standard InChI is InChI=1S/C18H39O4P.Na/c1-2-3-4-5-6-7-8-9-10-11-12-13-14-15-16-17-18-22-23(19,20)21;/h2-18H2,1H3,(H2,19,20,21);/q;+1/p-1. The maximum Gasteiger partial charge on any atom is 1.00 e. The quantitative estimate of drug-likeness (QED) is 0.228. The molecule has 0 aliphatic rings. The molecule has 0 aromatic carbocycles. The minimum atomic E-state index is -4.51. The second kappa shape index (κ2) is 20.4. The summed E-state index contributed by atoms with van der Waals surface area (Å²) in [5.41, 5.74) is 0. The number of phosphoric acid groups is 1. The van der Waals surface area contributed by atoms with E-state index in [-0.39, 0.29) is 36.2 Å². The van der Waals surface area contributed by atoms with E-state index in [1.165, 1.54) is 83.5 Å². The molecule has 1 unspecified atom stereocenters. The molecule has 0 saturated carbocycles. The van der Waals surface area contributed by atoms with E-state index in [0.717, 1.165) is 12.8 Å². The van der Waals surface area contributed by atoms with Crippen molar-refractivity contribution in [2.45, 2.75) is 110 Å². The van der Waals surface area contributed by atoms with Crippen molar-refractivity contribution < 1.29 is 48.4 Å². The Bertz CT molecular complexity index is 284. The monoisotopic (exact) mass is 372 g/mol. The second-order valence-corrected chi connectivity index (χ2v) is 7.80. The van der Waals surface area contributed by atoms with Crippen molar-refractivity contribution in [3.63, 3.8) is 0 Å². The first-order valence-corrected chi connectivity index (χ1v) is 11.2. The van der Waals surface area contributed by atoms with Crippen molar-refractivity contribution >= 4 is 7.82 Å². The molecule has 1 N–H and O–H groups in total. The smallest absolute Gasteiger partial charge is 0.756 e. The molecule has 0 aromatic heterocycles. The van der Waals surface area contributed by atoms with Gasteiger partial charge in [-0.25, -0.2) is 0 Å².